The number of fused-ring (bicyclic) bond motifs is 1. The van der Waals surface area contributed by atoms with Gasteiger partial charge in [0.2, 0.25) is 0 Å². The number of anilines is 1. The smallest absolute Gasteiger partial charge is 0.168 e. The predicted octanol–water partition coefficient (Wildman–Crippen LogP) is 4.09. The lowest BCUT2D eigenvalue weighted by molar-refractivity contribution is 1.01. The molecule has 106 valence electrons. The van der Waals surface area contributed by atoms with Gasteiger partial charge in [-0.25, -0.2) is 9.97 Å². The minimum absolute atomic E-state index is 0.559. The van der Waals surface area contributed by atoms with Crippen molar-refractivity contribution in [3.8, 4) is 5.69 Å². The molecule has 1 fully saturated rings. The molecule has 0 unspecified atom stereocenters. The molecule has 0 radical (unpaired) electrons. The van der Waals surface area contributed by atoms with Crippen molar-refractivity contribution in [3.63, 3.8) is 0 Å². The average Bonchev–Trinajstić information content (AvgIpc) is 3.22. The monoisotopic (exact) mass is 314 g/mol. The zero-order valence-corrected chi connectivity index (χ0v) is 13.2. The van der Waals surface area contributed by atoms with Crippen LogP contribution in [0.1, 0.15) is 18.7 Å². The average molecular weight is 314 g/mol. The minimum Gasteiger partial charge on any atom is -0.366 e. The number of aromatic nitrogens is 3. The standard InChI is InChI=1S/C15H14N4S2/c1-9-16-13(18-10-7-8-10)12-14(17-9)19(15(20)21-12)11-5-3-2-4-6-11/h2-6,10H,7-8H2,1H3,(H,16,17,18). The van der Waals surface area contributed by atoms with E-state index in [9.17, 15) is 0 Å². The van der Waals surface area contributed by atoms with E-state index < -0.39 is 0 Å². The Morgan fingerprint density at radius 2 is 2.00 bits per heavy atom. The molecule has 0 amide bonds. The number of hydrogen-bond donors (Lipinski definition) is 1. The second-order valence-electron chi connectivity index (χ2n) is 5.23. The highest BCUT2D eigenvalue weighted by Crippen LogP contribution is 2.33. The third kappa shape index (κ3) is 2.34. The molecule has 0 bridgehead atoms. The summed E-state index contributed by atoms with van der Waals surface area (Å²) in [6, 6.07) is 10.7. The number of para-hydroxylation sites is 1. The molecular formula is C15H14N4S2. The SMILES string of the molecule is Cc1nc(NC2CC2)c2sc(=S)n(-c3ccccc3)c2n1. The second kappa shape index (κ2) is 4.89. The van der Waals surface area contributed by atoms with Crippen molar-refractivity contribution in [3.05, 3.63) is 40.1 Å². The normalized spacial score (nSPS) is 14.5. The number of nitrogens with zero attached hydrogens (tertiary/aromatic N) is 3. The van der Waals surface area contributed by atoms with Crippen LogP contribution in [0.4, 0.5) is 5.82 Å². The van der Waals surface area contributed by atoms with Crippen molar-refractivity contribution in [2.45, 2.75) is 25.8 Å². The Kier molecular flexibility index (Phi) is 3.01. The fourth-order valence-corrected chi connectivity index (χ4v) is 3.67. The summed E-state index contributed by atoms with van der Waals surface area (Å²) in [6.07, 6.45) is 2.44. The summed E-state index contributed by atoms with van der Waals surface area (Å²) in [5.74, 6) is 1.69. The van der Waals surface area contributed by atoms with Crippen molar-refractivity contribution >= 4 is 39.7 Å². The number of rotatable bonds is 3. The number of aryl methyl sites for hydroxylation is 1. The molecule has 0 saturated heterocycles. The van der Waals surface area contributed by atoms with E-state index in [1.54, 1.807) is 11.3 Å². The predicted molar refractivity (Wildman–Crippen MR) is 89.0 cm³/mol. The minimum atomic E-state index is 0.559. The summed E-state index contributed by atoms with van der Waals surface area (Å²) in [5, 5.41) is 3.49. The van der Waals surface area contributed by atoms with Crippen molar-refractivity contribution in [2.75, 3.05) is 5.32 Å². The van der Waals surface area contributed by atoms with Crippen LogP contribution in [0.25, 0.3) is 16.0 Å². The van der Waals surface area contributed by atoms with Crippen LogP contribution >= 0.6 is 23.6 Å². The molecule has 2 aromatic heterocycles. The summed E-state index contributed by atoms with van der Waals surface area (Å²) in [5.41, 5.74) is 1.94. The van der Waals surface area contributed by atoms with Gasteiger partial charge in [0, 0.05) is 11.7 Å². The van der Waals surface area contributed by atoms with Gasteiger partial charge in [-0.15, -0.1) is 0 Å². The van der Waals surface area contributed by atoms with Crippen molar-refractivity contribution in [1.82, 2.24) is 14.5 Å². The van der Waals surface area contributed by atoms with Gasteiger partial charge in [-0.3, -0.25) is 4.57 Å². The summed E-state index contributed by atoms with van der Waals surface area (Å²) in [6.45, 7) is 1.92. The molecule has 4 nitrogen and oxygen atoms in total. The fourth-order valence-electron chi connectivity index (χ4n) is 2.34. The molecule has 1 aromatic carbocycles. The van der Waals surface area contributed by atoms with Gasteiger partial charge in [0.25, 0.3) is 0 Å². The maximum Gasteiger partial charge on any atom is 0.168 e. The first-order valence-electron chi connectivity index (χ1n) is 6.94. The van der Waals surface area contributed by atoms with Crippen LogP contribution < -0.4 is 5.32 Å². The van der Waals surface area contributed by atoms with Crippen molar-refractivity contribution in [1.29, 1.82) is 0 Å². The molecule has 4 rings (SSSR count). The summed E-state index contributed by atoms with van der Waals surface area (Å²) in [4.78, 5) is 9.17. The van der Waals surface area contributed by atoms with E-state index in [4.69, 9.17) is 12.2 Å². The third-order valence-electron chi connectivity index (χ3n) is 3.48. The van der Waals surface area contributed by atoms with E-state index in [1.165, 1.54) is 12.8 Å². The van der Waals surface area contributed by atoms with Gasteiger partial charge < -0.3 is 5.32 Å². The van der Waals surface area contributed by atoms with Crippen LogP contribution in [0.15, 0.2) is 30.3 Å². The van der Waals surface area contributed by atoms with Gasteiger partial charge in [-0.1, -0.05) is 29.5 Å². The second-order valence-corrected chi connectivity index (χ2v) is 6.87. The topological polar surface area (TPSA) is 42.7 Å². The fraction of sp³-hybridized carbons (Fsp3) is 0.267. The lowest BCUT2D eigenvalue weighted by atomic mass is 10.3. The molecular weight excluding hydrogens is 300 g/mol. The van der Waals surface area contributed by atoms with Crippen LogP contribution in [-0.4, -0.2) is 20.6 Å². The van der Waals surface area contributed by atoms with Gasteiger partial charge in [0.1, 0.15) is 16.3 Å². The van der Waals surface area contributed by atoms with Gasteiger partial charge in [0.15, 0.2) is 9.60 Å². The van der Waals surface area contributed by atoms with E-state index in [1.807, 2.05) is 41.8 Å². The molecule has 1 aliphatic rings. The summed E-state index contributed by atoms with van der Waals surface area (Å²) >= 11 is 7.12. The van der Waals surface area contributed by atoms with Gasteiger partial charge in [0.05, 0.1) is 0 Å². The maximum absolute atomic E-state index is 5.55. The molecule has 1 N–H and O–H groups in total. The van der Waals surface area contributed by atoms with E-state index in [0.29, 0.717) is 6.04 Å². The van der Waals surface area contributed by atoms with Gasteiger partial charge >= 0.3 is 0 Å². The highest BCUT2D eigenvalue weighted by Gasteiger charge is 2.24. The van der Waals surface area contributed by atoms with Crippen LogP contribution in [0.2, 0.25) is 0 Å². The highest BCUT2D eigenvalue weighted by molar-refractivity contribution is 7.73. The summed E-state index contributed by atoms with van der Waals surface area (Å²) < 4.78 is 3.87. The van der Waals surface area contributed by atoms with E-state index in [0.717, 1.165) is 31.6 Å². The Bertz CT molecular complexity index is 863. The zero-order valence-electron chi connectivity index (χ0n) is 11.5. The highest BCUT2D eigenvalue weighted by atomic mass is 32.1. The van der Waals surface area contributed by atoms with Crippen LogP contribution in [0.3, 0.4) is 0 Å². The first-order valence-corrected chi connectivity index (χ1v) is 8.17. The van der Waals surface area contributed by atoms with Crippen LogP contribution in [-0.2, 0) is 0 Å². The molecule has 6 heteroatoms. The molecule has 1 saturated carbocycles. The number of thiazole rings is 1. The Morgan fingerprint density at radius 3 is 2.71 bits per heavy atom. The lowest BCUT2D eigenvalue weighted by Gasteiger charge is -2.07. The molecule has 0 spiro atoms. The largest absolute Gasteiger partial charge is 0.366 e. The molecule has 2 heterocycles. The van der Waals surface area contributed by atoms with Crippen molar-refractivity contribution < 1.29 is 0 Å². The molecule has 1 aliphatic carbocycles. The summed E-state index contributed by atoms with van der Waals surface area (Å²) in [7, 11) is 0. The van der Waals surface area contributed by atoms with Crippen LogP contribution in [0.5, 0.6) is 0 Å². The Morgan fingerprint density at radius 1 is 1.24 bits per heavy atom. The third-order valence-corrected chi connectivity index (χ3v) is 4.85. The number of hydrogen-bond acceptors (Lipinski definition) is 5. The van der Waals surface area contributed by atoms with Crippen LogP contribution in [0, 0.1) is 10.9 Å². The van der Waals surface area contributed by atoms with Gasteiger partial charge in [-0.05, 0) is 44.1 Å². The van der Waals surface area contributed by atoms with E-state index in [-0.39, 0.29) is 0 Å². The lowest BCUT2D eigenvalue weighted by Crippen LogP contribution is -2.06. The molecule has 0 aliphatic heterocycles. The molecule has 3 aromatic rings. The number of benzene rings is 1. The first-order chi connectivity index (χ1) is 10.2. The van der Waals surface area contributed by atoms with Gasteiger partial charge in [-0.2, -0.15) is 0 Å². The molecule has 0 atom stereocenters. The maximum atomic E-state index is 5.55. The first kappa shape index (κ1) is 12.9. The zero-order chi connectivity index (χ0) is 14.4. The van der Waals surface area contributed by atoms with Crippen molar-refractivity contribution in [2.24, 2.45) is 0 Å². The Labute approximate surface area is 131 Å². The molecule has 21 heavy (non-hydrogen) atoms. The number of nitrogens with one attached hydrogen (secondary N) is 1. The Balaban J connectivity index is 1.97. The Hall–Kier alpha value is -1.79. The van der Waals surface area contributed by atoms with E-state index in [2.05, 4.69) is 15.3 Å². The quantitative estimate of drug-likeness (QED) is 0.739. The van der Waals surface area contributed by atoms with E-state index >= 15 is 0 Å².